The zero-order valence-electron chi connectivity index (χ0n) is 8.58. The summed E-state index contributed by atoms with van der Waals surface area (Å²) in [6.45, 7) is 1.45. The van der Waals surface area contributed by atoms with Crippen LogP contribution in [0.3, 0.4) is 0 Å². The molecule has 0 aromatic rings. The van der Waals surface area contributed by atoms with Crippen molar-refractivity contribution in [1.29, 1.82) is 0 Å². The van der Waals surface area contributed by atoms with Gasteiger partial charge in [-0.1, -0.05) is 6.42 Å². The van der Waals surface area contributed by atoms with Gasteiger partial charge in [0.25, 0.3) is 0 Å². The minimum atomic E-state index is 0.115. The molecule has 14 heavy (non-hydrogen) atoms. The summed E-state index contributed by atoms with van der Waals surface area (Å²) < 4.78 is 5.34. The summed E-state index contributed by atoms with van der Waals surface area (Å²) >= 11 is 0. The normalized spacial score (nSPS) is 38.5. The van der Waals surface area contributed by atoms with Crippen LogP contribution in [0.4, 0.5) is 0 Å². The zero-order valence-corrected chi connectivity index (χ0v) is 8.58. The second kappa shape index (κ2) is 4.41. The van der Waals surface area contributed by atoms with Crippen LogP contribution in [0, 0.1) is 11.8 Å². The maximum Gasteiger partial charge on any atom is 0.142 e. The topological polar surface area (TPSA) is 52.3 Å². The average Bonchev–Trinajstić information content (AvgIpc) is 2.65. The number of carbonyl (C=O) groups is 1. The van der Waals surface area contributed by atoms with Gasteiger partial charge in [-0.15, -0.1) is 0 Å². The van der Waals surface area contributed by atoms with E-state index in [1.165, 1.54) is 0 Å². The summed E-state index contributed by atoms with van der Waals surface area (Å²) in [5.74, 6) is 0.634. The van der Waals surface area contributed by atoms with Gasteiger partial charge in [-0.2, -0.15) is 0 Å². The van der Waals surface area contributed by atoms with Gasteiger partial charge < -0.3 is 10.5 Å². The molecule has 80 valence electrons. The van der Waals surface area contributed by atoms with E-state index >= 15 is 0 Å². The summed E-state index contributed by atoms with van der Waals surface area (Å²) in [5.41, 5.74) is 5.92. The molecule has 0 spiro atoms. The van der Waals surface area contributed by atoms with E-state index in [4.69, 9.17) is 10.5 Å². The maximum absolute atomic E-state index is 12.1. The highest BCUT2D eigenvalue weighted by atomic mass is 16.5. The Labute approximate surface area is 85.0 Å². The summed E-state index contributed by atoms with van der Waals surface area (Å²) in [5, 5.41) is 0. The van der Waals surface area contributed by atoms with Crippen molar-refractivity contribution in [2.75, 3.05) is 13.2 Å². The maximum atomic E-state index is 12.1. The molecular weight excluding hydrogens is 178 g/mol. The number of nitrogens with two attached hydrogens (primary N) is 1. The lowest BCUT2D eigenvalue weighted by Gasteiger charge is -2.25. The summed E-state index contributed by atoms with van der Waals surface area (Å²) in [6.07, 6.45) is 5.16. The molecule has 2 N–H and O–H groups in total. The fourth-order valence-corrected chi connectivity index (χ4v) is 2.61. The molecule has 0 amide bonds. The quantitative estimate of drug-likeness (QED) is 0.721. The highest BCUT2D eigenvalue weighted by molar-refractivity contribution is 5.84. The third-order valence-corrected chi connectivity index (χ3v) is 3.50. The van der Waals surface area contributed by atoms with Crippen LogP contribution in [-0.4, -0.2) is 25.0 Å². The van der Waals surface area contributed by atoms with Crippen molar-refractivity contribution < 1.29 is 9.53 Å². The molecule has 2 aliphatic rings. The van der Waals surface area contributed by atoms with Gasteiger partial charge in [-0.05, 0) is 25.7 Å². The van der Waals surface area contributed by atoms with Crippen molar-refractivity contribution in [3.05, 3.63) is 0 Å². The lowest BCUT2D eigenvalue weighted by molar-refractivity contribution is -0.131. The summed E-state index contributed by atoms with van der Waals surface area (Å²) in [4.78, 5) is 12.1. The Morgan fingerprint density at radius 1 is 1.21 bits per heavy atom. The van der Waals surface area contributed by atoms with Crippen LogP contribution in [0.15, 0.2) is 0 Å². The smallest absolute Gasteiger partial charge is 0.142 e. The van der Waals surface area contributed by atoms with E-state index in [9.17, 15) is 4.79 Å². The monoisotopic (exact) mass is 197 g/mol. The Balaban J connectivity index is 1.92. The van der Waals surface area contributed by atoms with Gasteiger partial charge in [-0.3, -0.25) is 4.79 Å². The number of Topliss-reactive ketones (excluding diaryl/α,β-unsaturated/α-hetero) is 1. The minimum absolute atomic E-state index is 0.115. The number of hydrogen-bond donors (Lipinski definition) is 1. The molecule has 2 rings (SSSR count). The average molecular weight is 197 g/mol. The molecule has 3 heteroatoms. The molecule has 3 nitrogen and oxygen atoms in total. The highest BCUT2D eigenvalue weighted by Crippen LogP contribution is 2.29. The number of carbonyl (C=O) groups excluding carboxylic acids is 1. The predicted octanol–water partition coefficient (Wildman–Crippen LogP) is 1.11. The fraction of sp³-hybridized carbons (Fsp3) is 0.909. The number of ether oxygens (including phenoxy) is 1. The standard InChI is InChI=1S/C11H19NO2/c12-10-5-1-4-9(10)11(13)8-3-2-6-14-7-8/h8-10H,1-7,12H2. The van der Waals surface area contributed by atoms with Gasteiger partial charge in [0.2, 0.25) is 0 Å². The van der Waals surface area contributed by atoms with Gasteiger partial charge in [-0.25, -0.2) is 0 Å². The lowest BCUT2D eigenvalue weighted by Crippen LogP contribution is -2.37. The molecule has 3 atom stereocenters. The van der Waals surface area contributed by atoms with Crippen LogP contribution in [0.1, 0.15) is 32.1 Å². The van der Waals surface area contributed by atoms with Crippen LogP contribution in [0.2, 0.25) is 0 Å². The molecule has 1 aliphatic heterocycles. The van der Waals surface area contributed by atoms with Crippen molar-refractivity contribution in [2.45, 2.75) is 38.1 Å². The van der Waals surface area contributed by atoms with E-state index in [1.54, 1.807) is 0 Å². The Morgan fingerprint density at radius 3 is 2.64 bits per heavy atom. The second-order valence-corrected chi connectivity index (χ2v) is 4.52. The van der Waals surface area contributed by atoms with Gasteiger partial charge in [0.15, 0.2) is 0 Å². The SMILES string of the molecule is NC1CCCC1C(=O)C1CCCOC1. The molecule has 0 radical (unpaired) electrons. The van der Waals surface area contributed by atoms with Crippen LogP contribution in [0.25, 0.3) is 0 Å². The van der Waals surface area contributed by atoms with Crippen molar-refractivity contribution in [2.24, 2.45) is 17.6 Å². The molecule has 2 fully saturated rings. The van der Waals surface area contributed by atoms with Crippen LogP contribution >= 0.6 is 0 Å². The third kappa shape index (κ3) is 1.98. The molecule has 0 bridgehead atoms. The fourth-order valence-electron chi connectivity index (χ4n) is 2.61. The highest BCUT2D eigenvalue weighted by Gasteiger charge is 2.35. The molecule has 1 saturated carbocycles. The van der Waals surface area contributed by atoms with E-state index in [2.05, 4.69) is 0 Å². The van der Waals surface area contributed by atoms with E-state index in [1.807, 2.05) is 0 Å². The first-order chi connectivity index (χ1) is 6.79. The Morgan fingerprint density at radius 2 is 2.07 bits per heavy atom. The Hall–Kier alpha value is -0.410. The summed E-state index contributed by atoms with van der Waals surface area (Å²) in [7, 11) is 0. The van der Waals surface area contributed by atoms with Gasteiger partial charge >= 0.3 is 0 Å². The van der Waals surface area contributed by atoms with Gasteiger partial charge in [0.1, 0.15) is 5.78 Å². The van der Waals surface area contributed by atoms with Crippen LogP contribution < -0.4 is 5.73 Å². The van der Waals surface area contributed by atoms with E-state index in [0.29, 0.717) is 12.4 Å². The molecule has 3 unspecified atom stereocenters. The molecule has 0 aromatic carbocycles. The first-order valence-corrected chi connectivity index (χ1v) is 5.66. The molecule has 0 aromatic heterocycles. The van der Waals surface area contributed by atoms with Gasteiger partial charge in [0, 0.05) is 24.5 Å². The lowest BCUT2D eigenvalue weighted by atomic mass is 9.86. The first-order valence-electron chi connectivity index (χ1n) is 5.66. The number of hydrogen-bond acceptors (Lipinski definition) is 3. The van der Waals surface area contributed by atoms with E-state index in [0.717, 1.165) is 38.7 Å². The number of ketones is 1. The number of rotatable bonds is 2. The molecule has 1 aliphatic carbocycles. The summed E-state index contributed by atoms with van der Waals surface area (Å²) in [6, 6.07) is 0.115. The molecular formula is C11H19NO2. The molecule has 1 saturated heterocycles. The Bertz CT molecular complexity index is 211. The van der Waals surface area contributed by atoms with E-state index in [-0.39, 0.29) is 17.9 Å². The van der Waals surface area contributed by atoms with E-state index < -0.39 is 0 Å². The molecule has 1 heterocycles. The second-order valence-electron chi connectivity index (χ2n) is 4.52. The van der Waals surface area contributed by atoms with Gasteiger partial charge in [0.05, 0.1) is 6.61 Å². The third-order valence-electron chi connectivity index (χ3n) is 3.50. The van der Waals surface area contributed by atoms with Crippen molar-refractivity contribution >= 4 is 5.78 Å². The van der Waals surface area contributed by atoms with Crippen LogP contribution in [0.5, 0.6) is 0 Å². The van der Waals surface area contributed by atoms with Crippen LogP contribution in [-0.2, 0) is 9.53 Å². The van der Waals surface area contributed by atoms with Crippen molar-refractivity contribution in [3.63, 3.8) is 0 Å². The zero-order chi connectivity index (χ0) is 9.97. The predicted molar refractivity (Wildman–Crippen MR) is 53.9 cm³/mol. The minimum Gasteiger partial charge on any atom is -0.381 e. The Kier molecular flexibility index (Phi) is 3.19. The largest absolute Gasteiger partial charge is 0.381 e. The first kappa shape index (κ1) is 10.1. The van der Waals surface area contributed by atoms with Crippen molar-refractivity contribution in [3.8, 4) is 0 Å². The van der Waals surface area contributed by atoms with Crippen molar-refractivity contribution in [1.82, 2.24) is 0 Å².